The molecule has 2 atom stereocenters. The number of nitrogens with one attached hydrogen (secondary N) is 1. The van der Waals surface area contributed by atoms with Crippen molar-refractivity contribution in [1.82, 2.24) is 10.2 Å². The molecule has 1 N–H and O–H groups in total. The number of nitrogens with zero attached hydrogens (tertiary/aromatic N) is 1. The van der Waals surface area contributed by atoms with E-state index in [0.717, 1.165) is 23.1 Å². The molecule has 0 radical (unpaired) electrons. The smallest absolute Gasteiger partial charge is 0.411 e. The van der Waals surface area contributed by atoms with E-state index in [2.05, 4.69) is 5.32 Å². The summed E-state index contributed by atoms with van der Waals surface area (Å²) in [5.74, 6) is -2.27. The van der Waals surface area contributed by atoms with Crippen molar-refractivity contribution < 1.29 is 57.1 Å². The van der Waals surface area contributed by atoms with Gasteiger partial charge in [-0.25, -0.2) is 19.2 Å². The topological polar surface area (TPSA) is 165 Å². The number of alkyl carbamates (subject to hydrolysis) is 1. The van der Waals surface area contributed by atoms with Crippen molar-refractivity contribution in [2.75, 3.05) is 14.2 Å². The summed E-state index contributed by atoms with van der Waals surface area (Å²) in [7, 11) is 2.57. The van der Waals surface area contributed by atoms with Crippen LogP contribution in [0.15, 0.2) is 103 Å². The molecular formula is C46H54N2O12. The van der Waals surface area contributed by atoms with Crippen molar-refractivity contribution in [3.05, 3.63) is 125 Å². The van der Waals surface area contributed by atoms with Gasteiger partial charge in [0.25, 0.3) is 0 Å². The summed E-state index contributed by atoms with van der Waals surface area (Å²) in [5.41, 5.74) is 1.42. The lowest BCUT2D eigenvalue weighted by Gasteiger charge is -2.33. The highest BCUT2D eigenvalue weighted by atomic mass is 16.6. The number of carbonyl (C=O) groups excluding carboxylic acids is 5. The molecular weight excluding hydrogens is 773 g/mol. The van der Waals surface area contributed by atoms with Gasteiger partial charge in [0, 0.05) is 18.4 Å². The quantitative estimate of drug-likeness (QED) is 0.0557. The van der Waals surface area contributed by atoms with Gasteiger partial charge >= 0.3 is 30.1 Å². The van der Waals surface area contributed by atoms with Gasteiger partial charge in [-0.1, -0.05) is 91.0 Å². The number of amides is 2. The molecule has 0 bridgehead atoms. The van der Waals surface area contributed by atoms with E-state index in [-0.39, 0.29) is 55.3 Å². The molecule has 0 aromatic heterocycles. The largest absolute Gasteiger partial charge is 0.493 e. The molecule has 4 aromatic rings. The van der Waals surface area contributed by atoms with E-state index < -0.39 is 60.4 Å². The first-order valence-electron chi connectivity index (χ1n) is 19.5. The Bertz CT molecular complexity index is 2020. The maximum atomic E-state index is 14.3. The van der Waals surface area contributed by atoms with E-state index >= 15 is 0 Å². The van der Waals surface area contributed by atoms with Crippen molar-refractivity contribution >= 4 is 30.1 Å². The first kappa shape index (κ1) is 46.1. The number of rotatable bonds is 19. The van der Waals surface area contributed by atoms with Gasteiger partial charge in [-0.3, -0.25) is 9.69 Å². The average Bonchev–Trinajstić information content (AvgIpc) is 3.22. The predicted molar refractivity (Wildman–Crippen MR) is 221 cm³/mol. The van der Waals surface area contributed by atoms with Gasteiger partial charge in [0.15, 0.2) is 11.5 Å². The number of hydrogen-bond acceptors (Lipinski definition) is 12. The highest BCUT2D eigenvalue weighted by Gasteiger charge is 2.37. The van der Waals surface area contributed by atoms with E-state index in [1.807, 2.05) is 54.6 Å². The molecule has 2 amide bonds. The van der Waals surface area contributed by atoms with Crippen LogP contribution in [0.5, 0.6) is 17.2 Å². The molecule has 0 fully saturated rings. The van der Waals surface area contributed by atoms with E-state index in [1.54, 1.807) is 83.1 Å². The summed E-state index contributed by atoms with van der Waals surface area (Å²) in [6, 6.07) is 27.6. The average molecular weight is 827 g/mol. The Morgan fingerprint density at radius 2 is 1.27 bits per heavy atom. The van der Waals surface area contributed by atoms with Gasteiger partial charge in [0.05, 0.1) is 26.9 Å². The van der Waals surface area contributed by atoms with Crippen LogP contribution in [-0.2, 0) is 59.5 Å². The SMILES string of the molecule is COC(=O)[C@H](CCC(=O)OCc1ccccc1)N(Cc1ccc(OC)c(OC(C)C)c1OC(=O)[C@H](Cc1ccccc1)NC(=O)OCc1ccccc1)C(=O)OC(C)(C)C. The Labute approximate surface area is 351 Å². The van der Waals surface area contributed by atoms with Crippen molar-refractivity contribution in [3.8, 4) is 17.2 Å². The Morgan fingerprint density at radius 1 is 0.700 bits per heavy atom. The van der Waals surface area contributed by atoms with Crippen LogP contribution in [0.3, 0.4) is 0 Å². The molecule has 0 aliphatic heterocycles. The Balaban J connectivity index is 1.72. The van der Waals surface area contributed by atoms with Crippen molar-refractivity contribution in [2.24, 2.45) is 0 Å². The number of carbonyl (C=O) groups is 5. The zero-order valence-electron chi connectivity index (χ0n) is 35.1. The van der Waals surface area contributed by atoms with Gasteiger partial charge in [-0.15, -0.1) is 0 Å². The second-order valence-electron chi connectivity index (χ2n) is 15.0. The standard InChI is InChI=1S/C46H54N2O12/c1-31(2)58-41-38(54-6)25-23-35(40(41)59-42(50)36(27-32-17-11-8-12-18-32)47-44(52)57-30-34-21-15-10-16-22-34)28-48(45(53)60-46(3,4)5)37(43(51)55-7)24-26-39(49)56-29-33-19-13-9-14-20-33/h8-23,25,31,36-37H,24,26-30H2,1-7H3,(H,47,52)/t36-,37-/m0/s1. The normalized spacial score (nSPS) is 12.0. The molecule has 0 heterocycles. The number of benzene rings is 4. The van der Waals surface area contributed by atoms with Crippen LogP contribution in [-0.4, -0.2) is 73.0 Å². The van der Waals surface area contributed by atoms with E-state index in [9.17, 15) is 24.0 Å². The van der Waals surface area contributed by atoms with Crippen LogP contribution < -0.4 is 19.5 Å². The first-order valence-corrected chi connectivity index (χ1v) is 19.5. The van der Waals surface area contributed by atoms with E-state index in [4.69, 9.17) is 33.2 Å². The fourth-order valence-electron chi connectivity index (χ4n) is 5.86. The van der Waals surface area contributed by atoms with Gasteiger partial charge in [0.1, 0.15) is 30.9 Å². The summed E-state index contributed by atoms with van der Waals surface area (Å²) in [6.45, 7) is 8.09. The van der Waals surface area contributed by atoms with Crippen LogP contribution in [0.1, 0.15) is 69.7 Å². The van der Waals surface area contributed by atoms with Crippen LogP contribution in [0.2, 0.25) is 0 Å². The minimum Gasteiger partial charge on any atom is -0.493 e. The minimum atomic E-state index is -1.36. The summed E-state index contributed by atoms with van der Waals surface area (Å²) >= 11 is 0. The first-order chi connectivity index (χ1) is 28.7. The third-order valence-electron chi connectivity index (χ3n) is 8.69. The molecule has 0 saturated heterocycles. The second kappa shape index (κ2) is 22.5. The highest BCUT2D eigenvalue weighted by molar-refractivity contribution is 5.85. The zero-order chi connectivity index (χ0) is 43.7. The lowest BCUT2D eigenvalue weighted by molar-refractivity contribution is -0.149. The molecule has 0 aliphatic rings. The Kier molecular flexibility index (Phi) is 17.3. The molecule has 14 nitrogen and oxygen atoms in total. The molecule has 4 aromatic carbocycles. The Morgan fingerprint density at radius 3 is 1.80 bits per heavy atom. The molecule has 4 rings (SSSR count). The van der Waals surface area contributed by atoms with Crippen LogP contribution >= 0.6 is 0 Å². The predicted octanol–water partition coefficient (Wildman–Crippen LogP) is 7.73. The summed E-state index contributed by atoms with van der Waals surface area (Å²) in [5, 5.41) is 2.64. The molecule has 0 saturated carbocycles. The molecule has 0 unspecified atom stereocenters. The van der Waals surface area contributed by atoms with Crippen LogP contribution in [0.25, 0.3) is 0 Å². The zero-order valence-corrected chi connectivity index (χ0v) is 35.1. The summed E-state index contributed by atoms with van der Waals surface area (Å²) in [6.07, 6.45) is -2.67. The second-order valence-corrected chi connectivity index (χ2v) is 15.0. The fourth-order valence-corrected chi connectivity index (χ4v) is 5.86. The number of ether oxygens (including phenoxy) is 7. The van der Waals surface area contributed by atoms with Crippen LogP contribution in [0.4, 0.5) is 9.59 Å². The fraction of sp³-hybridized carbons (Fsp3) is 0.370. The molecule has 60 heavy (non-hydrogen) atoms. The van der Waals surface area contributed by atoms with E-state index in [1.165, 1.54) is 7.11 Å². The number of methoxy groups -OCH3 is 2. The van der Waals surface area contributed by atoms with Crippen molar-refractivity contribution in [3.63, 3.8) is 0 Å². The third-order valence-corrected chi connectivity index (χ3v) is 8.69. The van der Waals surface area contributed by atoms with Crippen molar-refractivity contribution in [2.45, 2.75) is 97.4 Å². The number of hydrogen-bond donors (Lipinski definition) is 1. The lowest BCUT2D eigenvalue weighted by Crippen LogP contribution is -2.47. The van der Waals surface area contributed by atoms with Gasteiger partial charge in [-0.05, 0) is 69.9 Å². The van der Waals surface area contributed by atoms with Gasteiger partial charge in [0.2, 0.25) is 5.75 Å². The lowest BCUT2D eigenvalue weighted by atomic mass is 10.1. The molecule has 14 heteroatoms. The number of esters is 3. The maximum Gasteiger partial charge on any atom is 0.411 e. The summed E-state index contributed by atoms with van der Waals surface area (Å²) < 4.78 is 39.7. The van der Waals surface area contributed by atoms with Crippen molar-refractivity contribution in [1.29, 1.82) is 0 Å². The molecule has 320 valence electrons. The highest BCUT2D eigenvalue weighted by Crippen LogP contribution is 2.42. The van der Waals surface area contributed by atoms with Gasteiger partial charge < -0.3 is 38.5 Å². The summed E-state index contributed by atoms with van der Waals surface area (Å²) in [4.78, 5) is 69.1. The van der Waals surface area contributed by atoms with Crippen LogP contribution in [0, 0.1) is 0 Å². The minimum absolute atomic E-state index is 0.0163. The molecule has 0 aliphatic carbocycles. The third kappa shape index (κ3) is 14.7. The molecule has 0 spiro atoms. The Hall–Kier alpha value is -6.57. The van der Waals surface area contributed by atoms with Gasteiger partial charge in [-0.2, -0.15) is 0 Å². The monoisotopic (exact) mass is 826 g/mol. The van der Waals surface area contributed by atoms with E-state index in [0.29, 0.717) is 5.56 Å². The maximum absolute atomic E-state index is 14.3.